The van der Waals surface area contributed by atoms with Crippen LogP contribution in [0.3, 0.4) is 0 Å². The molecular formula is C12H11BrN4O4. The van der Waals surface area contributed by atoms with Crippen molar-refractivity contribution in [2.45, 2.75) is 6.54 Å². The van der Waals surface area contributed by atoms with Crippen LogP contribution in [-0.2, 0) is 11.3 Å². The van der Waals surface area contributed by atoms with Crippen LogP contribution in [0.2, 0.25) is 0 Å². The highest BCUT2D eigenvalue weighted by molar-refractivity contribution is 9.10. The van der Waals surface area contributed by atoms with Crippen LogP contribution in [0.25, 0.3) is 6.08 Å². The molecule has 1 N–H and O–H groups in total. The molecule has 2 aromatic heterocycles. The van der Waals surface area contributed by atoms with Gasteiger partial charge in [-0.2, -0.15) is 5.10 Å². The zero-order valence-corrected chi connectivity index (χ0v) is 12.3. The molecule has 21 heavy (non-hydrogen) atoms. The van der Waals surface area contributed by atoms with E-state index >= 15 is 0 Å². The average molecular weight is 355 g/mol. The van der Waals surface area contributed by atoms with E-state index in [-0.39, 0.29) is 17.6 Å². The Labute approximate surface area is 127 Å². The third-order valence-corrected chi connectivity index (χ3v) is 2.84. The van der Waals surface area contributed by atoms with Crippen LogP contribution in [0.4, 0.5) is 5.88 Å². The number of nitrogens with zero attached hydrogens (tertiary/aromatic N) is 3. The third kappa shape index (κ3) is 4.56. The predicted molar refractivity (Wildman–Crippen MR) is 77.3 cm³/mol. The van der Waals surface area contributed by atoms with Gasteiger partial charge in [0, 0.05) is 18.8 Å². The highest BCUT2D eigenvalue weighted by Crippen LogP contribution is 2.16. The van der Waals surface area contributed by atoms with Crippen molar-refractivity contribution in [3.63, 3.8) is 0 Å². The monoisotopic (exact) mass is 354 g/mol. The summed E-state index contributed by atoms with van der Waals surface area (Å²) in [6.45, 7) is 0.951. The lowest BCUT2D eigenvalue weighted by molar-refractivity contribution is -0.402. The van der Waals surface area contributed by atoms with Crippen LogP contribution in [0, 0.1) is 10.1 Å². The fourth-order valence-electron chi connectivity index (χ4n) is 1.50. The minimum atomic E-state index is -0.639. The number of amides is 1. The lowest BCUT2D eigenvalue weighted by Crippen LogP contribution is -2.25. The Morgan fingerprint density at radius 1 is 1.57 bits per heavy atom. The number of rotatable bonds is 6. The van der Waals surface area contributed by atoms with Gasteiger partial charge in [-0.15, -0.1) is 0 Å². The quantitative estimate of drug-likeness (QED) is 0.485. The van der Waals surface area contributed by atoms with Crippen molar-refractivity contribution >= 4 is 33.8 Å². The van der Waals surface area contributed by atoms with Crippen molar-refractivity contribution < 1.29 is 14.1 Å². The number of nitro groups is 1. The first kappa shape index (κ1) is 15.0. The van der Waals surface area contributed by atoms with E-state index in [9.17, 15) is 14.9 Å². The Bertz CT molecular complexity index is 676. The lowest BCUT2D eigenvalue weighted by atomic mass is 10.4. The summed E-state index contributed by atoms with van der Waals surface area (Å²) in [4.78, 5) is 21.3. The van der Waals surface area contributed by atoms with Crippen molar-refractivity contribution in [2.24, 2.45) is 0 Å². The van der Waals surface area contributed by atoms with E-state index in [4.69, 9.17) is 4.42 Å². The molecule has 110 valence electrons. The van der Waals surface area contributed by atoms with Crippen LogP contribution in [0.15, 0.2) is 39.5 Å². The zero-order valence-electron chi connectivity index (χ0n) is 10.7. The average Bonchev–Trinajstić information content (AvgIpc) is 3.05. The van der Waals surface area contributed by atoms with Gasteiger partial charge in [0.15, 0.2) is 0 Å². The minimum absolute atomic E-state index is 0.243. The maximum Gasteiger partial charge on any atom is 0.433 e. The maximum atomic E-state index is 11.5. The molecule has 0 bridgehead atoms. The van der Waals surface area contributed by atoms with E-state index in [1.54, 1.807) is 17.1 Å². The molecule has 0 fully saturated rings. The molecule has 0 unspecified atom stereocenters. The molecule has 9 heteroatoms. The number of nitrogens with one attached hydrogen (secondary N) is 1. The molecule has 0 aromatic carbocycles. The van der Waals surface area contributed by atoms with Gasteiger partial charge < -0.3 is 9.73 Å². The van der Waals surface area contributed by atoms with Gasteiger partial charge in [-0.1, -0.05) is 0 Å². The second kappa shape index (κ2) is 6.84. The number of hydrogen-bond acceptors (Lipinski definition) is 5. The smallest absolute Gasteiger partial charge is 0.401 e. The zero-order chi connectivity index (χ0) is 15.2. The largest absolute Gasteiger partial charge is 0.433 e. The molecule has 1 amide bonds. The number of aromatic nitrogens is 2. The highest BCUT2D eigenvalue weighted by atomic mass is 79.9. The third-order valence-electron chi connectivity index (χ3n) is 2.43. The van der Waals surface area contributed by atoms with E-state index < -0.39 is 4.92 Å². The molecule has 0 saturated carbocycles. The molecular weight excluding hydrogens is 344 g/mol. The first-order valence-electron chi connectivity index (χ1n) is 5.93. The summed E-state index contributed by atoms with van der Waals surface area (Å²) in [5.41, 5.74) is 0. The molecule has 0 saturated heterocycles. The number of carbonyl (C=O) groups is 1. The lowest BCUT2D eigenvalue weighted by Gasteiger charge is -2.01. The second-order valence-corrected chi connectivity index (χ2v) is 4.89. The molecule has 0 aliphatic heterocycles. The van der Waals surface area contributed by atoms with Gasteiger partial charge in [-0.25, -0.2) is 0 Å². The van der Waals surface area contributed by atoms with E-state index in [1.807, 2.05) is 0 Å². The maximum absolute atomic E-state index is 11.5. The number of carbonyl (C=O) groups excluding carboxylic acids is 1. The van der Waals surface area contributed by atoms with Gasteiger partial charge in [0.05, 0.1) is 23.3 Å². The second-order valence-electron chi connectivity index (χ2n) is 3.98. The van der Waals surface area contributed by atoms with Crippen molar-refractivity contribution in [3.05, 3.63) is 50.9 Å². The Morgan fingerprint density at radius 2 is 2.38 bits per heavy atom. The molecule has 0 aliphatic rings. The van der Waals surface area contributed by atoms with Gasteiger partial charge in [0.2, 0.25) is 5.91 Å². The first-order chi connectivity index (χ1) is 10.0. The summed E-state index contributed by atoms with van der Waals surface area (Å²) >= 11 is 3.28. The summed E-state index contributed by atoms with van der Waals surface area (Å²) in [7, 11) is 0. The summed E-state index contributed by atoms with van der Waals surface area (Å²) in [5.74, 6) is -0.438. The summed E-state index contributed by atoms with van der Waals surface area (Å²) in [5, 5.41) is 17.1. The van der Waals surface area contributed by atoms with Crippen molar-refractivity contribution in [3.8, 4) is 0 Å². The molecule has 8 nitrogen and oxygen atoms in total. The Balaban J connectivity index is 1.78. The van der Waals surface area contributed by atoms with Crippen LogP contribution in [-0.4, -0.2) is 27.2 Å². The molecule has 2 heterocycles. The van der Waals surface area contributed by atoms with E-state index in [0.29, 0.717) is 13.1 Å². The highest BCUT2D eigenvalue weighted by Gasteiger charge is 2.09. The van der Waals surface area contributed by atoms with Crippen LogP contribution >= 0.6 is 15.9 Å². The van der Waals surface area contributed by atoms with E-state index in [0.717, 1.165) is 4.47 Å². The standard InChI is InChI=1S/C12H11BrN4O4/c13-9-7-15-16(8-9)6-5-14-11(18)3-1-10-2-4-12(21-10)17(19)20/h1-4,7-8H,5-6H2,(H,14,18)/b3-1+. The molecule has 2 rings (SSSR count). The van der Waals surface area contributed by atoms with Crippen LogP contribution in [0.5, 0.6) is 0 Å². The fraction of sp³-hybridized carbons (Fsp3) is 0.167. The van der Waals surface area contributed by atoms with Crippen molar-refractivity contribution in [2.75, 3.05) is 6.54 Å². The first-order valence-corrected chi connectivity index (χ1v) is 6.72. The van der Waals surface area contributed by atoms with Gasteiger partial charge >= 0.3 is 5.88 Å². The topological polar surface area (TPSA) is 103 Å². The van der Waals surface area contributed by atoms with Crippen molar-refractivity contribution in [1.82, 2.24) is 15.1 Å². The minimum Gasteiger partial charge on any atom is -0.401 e. The molecule has 2 aromatic rings. The van der Waals surface area contributed by atoms with Crippen LogP contribution in [0.1, 0.15) is 5.76 Å². The summed E-state index contributed by atoms with van der Waals surface area (Å²) in [6.07, 6.45) is 6.07. The number of halogens is 1. The molecule has 0 spiro atoms. The molecule has 0 atom stereocenters. The normalized spacial score (nSPS) is 10.9. The van der Waals surface area contributed by atoms with E-state index in [1.165, 1.54) is 24.3 Å². The SMILES string of the molecule is O=C(/C=C/c1ccc([N+](=O)[O-])o1)NCCn1cc(Br)cn1. The van der Waals surface area contributed by atoms with E-state index in [2.05, 4.69) is 26.3 Å². The van der Waals surface area contributed by atoms with Crippen molar-refractivity contribution in [1.29, 1.82) is 0 Å². The van der Waals surface area contributed by atoms with Gasteiger partial charge in [0.1, 0.15) is 10.7 Å². The Hall–Kier alpha value is -2.42. The Kier molecular flexibility index (Phi) is 4.88. The van der Waals surface area contributed by atoms with Gasteiger partial charge in [-0.3, -0.25) is 19.6 Å². The van der Waals surface area contributed by atoms with Gasteiger partial charge in [0.25, 0.3) is 0 Å². The summed E-state index contributed by atoms with van der Waals surface area (Å²) < 4.78 is 7.44. The molecule has 0 radical (unpaired) electrons. The number of furan rings is 1. The summed E-state index contributed by atoms with van der Waals surface area (Å²) in [6, 6.07) is 2.65. The Morgan fingerprint density at radius 3 is 3.00 bits per heavy atom. The molecule has 0 aliphatic carbocycles. The van der Waals surface area contributed by atoms with Gasteiger partial charge in [-0.05, 0) is 28.1 Å². The fourth-order valence-corrected chi connectivity index (χ4v) is 1.83. The van der Waals surface area contributed by atoms with Crippen LogP contribution < -0.4 is 5.32 Å². The predicted octanol–water partition coefficient (Wildman–Crippen LogP) is 1.98. The number of hydrogen-bond donors (Lipinski definition) is 1.